The molecule has 0 radical (unpaired) electrons. The van der Waals surface area contributed by atoms with E-state index in [1.165, 1.54) is 18.2 Å². The summed E-state index contributed by atoms with van der Waals surface area (Å²) < 4.78 is 39.9. The molecule has 0 spiro atoms. The molecule has 0 aromatic heterocycles. The van der Waals surface area contributed by atoms with Crippen molar-refractivity contribution in [2.24, 2.45) is 0 Å². The molecule has 0 saturated carbocycles. The average Bonchev–Trinajstić information content (AvgIpc) is 2.90. The molecule has 1 N–H and O–H groups in total. The molecule has 1 fully saturated rings. The molecule has 0 aliphatic carbocycles. The van der Waals surface area contributed by atoms with E-state index < -0.39 is 15.7 Å². The fourth-order valence-electron chi connectivity index (χ4n) is 3.41. The molecule has 152 valence electrons. The molecule has 0 unspecified atom stereocenters. The van der Waals surface area contributed by atoms with Crippen molar-refractivity contribution >= 4 is 21.2 Å². The van der Waals surface area contributed by atoms with Crippen molar-refractivity contribution in [2.45, 2.75) is 29.6 Å². The van der Waals surface area contributed by atoms with Crippen molar-refractivity contribution in [1.29, 1.82) is 0 Å². The van der Waals surface area contributed by atoms with Gasteiger partial charge in [-0.2, -0.15) is 0 Å². The molecule has 0 bridgehead atoms. The Morgan fingerprint density at radius 1 is 1.07 bits per heavy atom. The number of nitrogens with one attached hydrogen (secondary N) is 1. The summed E-state index contributed by atoms with van der Waals surface area (Å²) in [5.41, 5.74) is 1.58. The Labute approximate surface area is 167 Å². The van der Waals surface area contributed by atoms with Crippen LogP contribution in [0.5, 0.6) is 0 Å². The lowest BCUT2D eigenvalue weighted by Gasteiger charge is -2.24. The van der Waals surface area contributed by atoms with Crippen LogP contribution in [0.2, 0.25) is 0 Å². The van der Waals surface area contributed by atoms with Gasteiger partial charge in [-0.25, -0.2) is 12.8 Å². The van der Waals surface area contributed by atoms with Gasteiger partial charge in [0.2, 0.25) is 9.84 Å². The van der Waals surface area contributed by atoms with E-state index in [0.29, 0.717) is 12.2 Å². The van der Waals surface area contributed by atoms with Gasteiger partial charge in [0.25, 0.3) is 0 Å². The van der Waals surface area contributed by atoms with E-state index in [-0.39, 0.29) is 9.79 Å². The minimum absolute atomic E-state index is 0.0313. The van der Waals surface area contributed by atoms with Crippen LogP contribution in [0.4, 0.5) is 15.8 Å². The standard InChI is InChI=1S/C21H28FN3O2S/c1-3-10-23-20-16-18(25-12-5-11-24(2)13-14-25)8-9-21(20)28(26,27)19-7-4-6-17(22)15-19/h4,6-9,15-16,23H,3,5,10-14H2,1-2H3. The number of hydrogen-bond donors (Lipinski definition) is 1. The van der Waals surface area contributed by atoms with Gasteiger partial charge in [0.15, 0.2) is 0 Å². The highest BCUT2D eigenvalue weighted by atomic mass is 32.2. The van der Waals surface area contributed by atoms with Crippen LogP contribution in [-0.2, 0) is 9.84 Å². The summed E-state index contributed by atoms with van der Waals surface area (Å²) >= 11 is 0. The summed E-state index contributed by atoms with van der Waals surface area (Å²) in [5.74, 6) is -0.561. The third-order valence-corrected chi connectivity index (χ3v) is 6.82. The molecule has 3 rings (SSSR count). The summed E-state index contributed by atoms with van der Waals surface area (Å²) in [5, 5.41) is 3.25. The van der Waals surface area contributed by atoms with Crippen molar-refractivity contribution in [3.05, 3.63) is 48.3 Å². The highest BCUT2D eigenvalue weighted by Gasteiger charge is 2.23. The first-order valence-corrected chi connectivity index (χ1v) is 11.2. The number of benzene rings is 2. The first-order chi connectivity index (χ1) is 13.4. The Morgan fingerprint density at radius 2 is 1.89 bits per heavy atom. The molecular formula is C21H28FN3O2S. The van der Waals surface area contributed by atoms with Crippen LogP contribution in [0.1, 0.15) is 19.8 Å². The summed E-state index contributed by atoms with van der Waals surface area (Å²) in [6.07, 6.45) is 1.94. The van der Waals surface area contributed by atoms with Gasteiger partial charge in [-0.3, -0.25) is 0 Å². The molecule has 1 aliphatic rings. The van der Waals surface area contributed by atoms with Crippen molar-refractivity contribution in [2.75, 3.05) is 50.0 Å². The second kappa shape index (κ2) is 8.92. The number of anilines is 2. The molecule has 28 heavy (non-hydrogen) atoms. The third-order valence-electron chi connectivity index (χ3n) is 5.01. The quantitative estimate of drug-likeness (QED) is 0.796. The zero-order valence-corrected chi connectivity index (χ0v) is 17.3. The zero-order valence-electron chi connectivity index (χ0n) is 16.5. The maximum absolute atomic E-state index is 13.6. The lowest BCUT2D eigenvalue weighted by atomic mass is 10.2. The maximum Gasteiger partial charge on any atom is 0.208 e. The number of hydrogen-bond acceptors (Lipinski definition) is 5. The Bertz CT molecular complexity index is 918. The fourth-order valence-corrected chi connectivity index (χ4v) is 4.86. The van der Waals surface area contributed by atoms with Gasteiger partial charge in [-0.05, 0) is 62.8 Å². The number of sulfone groups is 1. The topological polar surface area (TPSA) is 52.6 Å². The molecule has 5 nitrogen and oxygen atoms in total. The molecule has 0 amide bonds. The Hall–Kier alpha value is -2.12. The van der Waals surface area contributed by atoms with Gasteiger partial charge in [0.1, 0.15) is 5.82 Å². The van der Waals surface area contributed by atoms with Gasteiger partial charge in [-0.15, -0.1) is 0 Å². The van der Waals surface area contributed by atoms with Crippen molar-refractivity contribution in [3.63, 3.8) is 0 Å². The maximum atomic E-state index is 13.6. The van der Waals surface area contributed by atoms with Crippen LogP contribution in [0, 0.1) is 5.82 Å². The molecule has 2 aromatic rings. The molecule has 0 atom stereocenters. The first kappa shape index (κ1) is 20.6. The van der Waals surface area contributed by atoms with E-state index >= 15 is 0 Å². The zero-order chi connectivity index (χ0) is 20.1. The Kier molecular flexibility index (Phi) is 6.57. The minimum atomic E-state index is -3.82. The second-order valence-electron chi connectivity index (χ2n) is 7.21. The lowest BCUT2D eigenvalue weighted by Crippen LogP contribution is -2.28. The Balaban J connectivity index is 1.99. The van der Waals surface area contributed by atoms with Crippen LogP contribution in [0.15, 0.2) is 52.3 Å². The van der Waals surface area contributed by atoms with E-state index in [4.69, 9.17) is 0 Å². The Morgan fingerprint density at radius 3 is 2.64 bits per heavy atom. The molecule has 7 heteroatoms. The van der Waals surface area contributed by atoms with Crippen LogP contribution >= 0.6 is 0 Å². The smallest absolute Gasteiger partial charge is 0.208 e. The van der Waals surface area contributed by atoms with Crippen molar-refractivity contribution in [1.82, 2.24) is 4.90 Å². The van der Waals surface area contributed by atoms with Gasteiger partial charge in [-0.1, -0.05) is 13.0 Å². The summed E-state index contributed by atoms with van der Waals surface area (Å²) in [7, 11) is -1.70. The minimum Gasteiger partial charge on any atom is -0.384 e. The third kappa shape index (κ3) is 4.64. The summed E-state index contributed by atoms with van der Waals surface area (Å²) in [4.78, 5) is 4.75. The molecule has 1 aliphatic heterocycles. The summed E-state index contributed by atoms with van der Waals surface area (Å²) in [6.45, 7) is 6.57. The van der Waals surface area contributed by atoms with Gasteiger partial charge in [0.05, 0.1) is 15.5 Å². The van der Waals surface area contributed by atoms with E-state index in [0.717, 1.165) is 50.8 Å². The number of halogens is 1. The molecule has 1 heterocycles. The predicted molar refractivity (Wildman–Crippen MR) is 111 cm³/mol. The highest BCUT2D eigenvalue weighted by molar-refractivity contribution is 7.91. The van der Waals surface area contributed by atoms with Crippen LogP contribution in [-0.4, -0.2) is 53.1 Å². The van der Waals surface area contributed by atoms with E-state index in [2.05, 4.69) is 22.2 Å². The number of likely N-dealkylation sites (N-methyl/N-ethyl adjacent to an activating group) is 1. The predicted octanol–water partition coefficient (Wildman–Crippen LogP) is 3.62. The SMILES string of the molecule is CCCNc1cc(N2CCCN(C)CC2)ccc1S(=O)(=O)c1cccc(F)c1. The monoisotopic (exact) mass is 405 g/mol. The van der Waals surface area contributed by atoms with Gasteiger partial charge in [0, 0.05) is 31.9 Å². The summed E-state index contributed by atoms with van der Waals surface area (Å²) in [6, 6.07) is 10.6. The van der Waals surface area contributed by atoms with Crippen molar-refractivity contribution in [3.8, 4) is 0 Å². The van der Waals surface area contributed by atoms with Gasteiger partial charge < -0.3 is 15.1 Å². The van der Waals surface area contributed by atoms with Gasteiger partial charge >= 0.3 is 0 Å². The number of nitrogens with zero attached hydrogens (tertiary/aromatic N) is 2. The highest BCUT2D eigenvalue weighted by Crippen LogP contribution is 2.32. The fraction of sp³-hybridized carbons (Fsp3) is 0.429. The largest absolute Gasteiger partial charge is 0.384 e. The average molecular weight is 406 g/mol. The molecule has 1 saturated heterocycles. The molecule has 2 aromatic carbocycles. The number of rotatable bonds is 6. The van der Waals surface area contributed by atoms with E-state index in [1.54, 1.807) is 6.07 Å². The lowest BCUT2D eigenvalue weighted by molar-refractivity contribution is 0.360. The van der Waals surface area contributed by atoms with Crippen LogP contribution in [0.25, 0.3) is 0 Å². The van der Waals surface area contributed by atoms with E-state index in [1.807, 2.05) is 19.1 Å². The first-order valence-electron chi connectivity index (χ1n) is 9.74. The van der Waals surface area contributed by atoms with Crippen LogP contribution in [0.3, 0.4) is 0 Å². The molecular weight excluding hydrogens is 377 g/mol. The second-order valence-corrected chi connectivity index (χ2v) is 9.13. The van der Waals surface area contributed by atoms with Crippen molar-refractivity contribution < 1.29 is 12.8 Å². The van der Waals surface area contributed by atoms with Crippen LogP contribution < -0.4 is 10.2 Å². The van der Waals surface area contributed by atoms with E-state index in [9.17, 15) is 12.8 Å². The normalized spacial score (nSPS) is 16.0.